The highest BCUT2D eigenvalue weighted by molar-refractivity contribution is 7.14. The van der Waals surface area contributed by atoms with Crippen molar-refractivity contribution in [3.05, 3.63) is 11.1 Å². The topological polar surface area (TPSA) is 73.7 Å². The second-order valence-electron chi connectivity index (χ2n) is 5.04. The summed E-state index contributed by atoms with van der Waals surface area (Å²) in [6.45, 7) is 6.42. The number of likely N-dealkylation sites (tertiary alicyclic amines) is 1. The Hall–Kier alpha value is -1.47. The van der Waals surface area contributed by atoms with Crippen LogP contribution in [-0.2, 0) is 16.1 Å². The zero-order valence-corrected chi connectivity index (χ0v) is 12.5. The van der Waals surface area contributed by atoms with Crippen molar-refractivity contribution in [2.45, 2.75) is 26.8 Å². The number of aliphatic carboxylic acids is 1. The second kappa shape index (κ2) is 6.32. The van der Waals surface area contributed by atoms with Gasteiger partial charge in [-0.2, -0.15) is 0 Å². The molecule has 0 spiro atoms. The molecule has 2 heterocycles. The molecule has 20 heavy (non-hydrogen) atoms. The lowest BCUT2D eigenvalue weighted by Crippen LogP contribution is -2.46. The normalized spacial score (nSPS) is 15.9. The number of anilines is 1. The number of hydrogen-bond acceptors (Lipinski definition) is 5. The van der Waals surface area contributed by atoms with Crippen LogP contribution in [0.3, 0.4) is 0 Å². The van der Waals surface area contributed by atoms with Gasteiger partial charge in [0, 0.05) is 38.5 Å². The molecule has 0 atom stereocenters. The highest BCUT2D eigenvalue weighted by atomic mass is 32.1. The molecule has 0 aromatic carbocycles. The van der Waals surface area contributed by atoms with Gasteiger partial charge in [0.1, 0.15) is 0 Å². The summed E-state index contributed by atoms with van der Waals surface area (Å²) in [6.07, 6.45) is 0.243. The monoisotopic (exact) mass is 297 g/mol. The molecule has 0 unspecified atom stereocenters. The average Bonchev–Trinajstić information content (AvgIpc) is 2.74. The van der Waals surface area contributed by atoms with Gasteiger partial charge in [0.25, 0.3) is 0 Å². The number of thiazole rings is 1. The van der Waals surface area contributed by atoms with Crippen molar-refractivity contribution >= 4 is 28.3 Å². The van der Waals surface area contributed by atoms with E-state index in [0.717, 1.165) is 30.5 Å². The summed E-state index contributed by atoms with van der Waals surface area (Å²) in [6, 6.07) is 0. The highest BCUT2D eigenvalue weighted by Gasteiger charge is 2.29. The maximum absolute atomic E-state index is 11.4. The summed E-state index contributed by atoms with van der Waals surface area (Å²) < 4.78 is 0. The van der Waals surface area contributed by atoms with Gasteiger partial charge in [0.05, 0.1) is 12.1 Å². The van der Waals surface area contributed by atoms with Crippen LogP contribution < -0.4 is 4.90 Å². The maximum atomic E-state index is 11.4. The van der Waals surface area contributed by atoms with E-state index in [1.807, 2.05) is 12.3 Å². The van der Waals surface area contributed by atoms with Gasteiger partial charge in [-0.05, 0) is 12.8 Å². The van der Waals surface area contributed by atoms with Gasteiger partial charge in [-0.1, -0.05) is 0 Å². The minimum Gasteiger partial charge on any atom is -0.481 e. The molecule has 7 heteroatoms. The average molecular weight is 297 g/mol. The molecule has 110 valence electrons. The first-order valence-corrected chi connectivity index (χ1v) is 7.54. The fourth-order valence-electron chi connectivity index (χ4n) is 2.40. The van der Waals surface area contributed by atoms with Gasteiger partial charge >= 0.3 is 5.97 Å². The van der Waals surface area contributed by atoms with E-state index in [4.69, 9.17) is 5.11 Å². The third-order valence-electron chi connectivity index (χ3n) is 3.35. The van der Waals surface area contributed by atoms with Crippen molar-refractivity contribution in [2.24, 2.45) is 5.92 Å². The summed E-state index contributed by atoms with van der Waals surface area (Å²) >= 11 is 1.47. The Morgan fingerprint density at radius 2 is 2.25 bits per heavy atom. The maximum Gasteiger partial charge on any atom is 0.303 e. The lowest BCUT2D eigenvalue weighted by molar-refractivity contribution is -0.139. The van der Waals surface area contributed by atoms with E-state index in [2.05, 4.69) is 9.88 Å². The van der Waals surface area contributed by atoms with Gasteiger partial charge in [-0.15, -0.1) is 11.3 Å². The van der Waals surface area contributed by atoms with E-state index in [9.17, 15) is 9.59 Å². The number of carboxylic acid groups (broad SMARTS) is 1. The Labute approximate surface area is 122 Å². The van der Waals surface area contributed by atoms with Crippen molar-refractivity contribution in [3.63, 3.8) is 0 Å². The van der Waals surface area contributed by atoms with E-state index in [0.29, 0.717) is 6.54 Å². The van der Waals surface area contributed by atoms with Crippen molar-refractivity contribution in [1.82, 2.24) is 9.88 Å². The fourth-order valence-corrected chi connectivity index (χ4v) is 3.32. The van der Waals surface area contributed by atoms with Crippen LogP contribution in [0.4, 0.5) is 5.13 Å². The Bertz CT molecular complexity index is 497. The summed E-state index contributed by atoms with van der Waals surface area (Å²) in [5.74, 6) is -0.473. The van der Waals surface area contributed by atoms with E-state index in [1.165, 1.54) is 18.3 Å². The van der Waals surface area contributed by atoms with Crippen LogP contribution in [0, 0.1) is 5.92 Å². The van der Waals surface area contributed by atoms with Gasteiger partial charge in [0.15, 0.2) is 5.13 Å². The van der Waals surface area contributed by atoms with Crippen LogP contribution in [0.2, 0.25) is 0 Å². The van der Waals surface area contributed by atoms with Crippen LogP contribution in [0.25, 0.3) is 0 Å². The molecule has 0 bridgehead atoms. The molecular formula is C13H19N3O3S. The summed E-state index contributed by atoms with van der Waals surface area (Å²) in [5.41, 5.74) is 0.943. The Morgan fingerprint density at radius 1 is 1.55 bits per heavy atom. The zero-order chi connectivity index (χ0) is 14.7. The molecule has 1 aliphatic heterocycles. The standard InChI is InChI=1S/C13H19N3O3S/c1-3-16(9(2)17)13-14-11(8-20-13)7-15-5-10(6-15)4-12(18)19/h8,10H,3-7H2,1-2H3,(H,18,19). The number of carbonyl (C=O) groups excluding carboxylic acids is 1. The molecular weight excluding hydrogens is 278 g/mol. The van der Waals surface area contributed by atoms with Crippen molar-refractivity contribution < 1.29 is 14.7 Å². The summed E-state index contributed by atoms with van der Waals surface area (Å²) in [4.78, 5) is 30.3. The van der Waals surface area contributed by atoms with Gasteiger partial charge in [-0.3, -0.25) is 19.4 Å². The molecule has 0 radical (unpaired) electrons. The largest absolute Gasteiger partial charge is 0.481 e. The van der Waals surface area contributed by atoms with Crippen molar-refractivity contribution in [3.8, 4) is 0 Å². The molecule has 1 saturated heterocycles. The Morgan fingerprint density at radius 3 is 2.80 bits per heavy atom. The first kappa shape index (κ1) is 14.9. The van der Waals surface area contributed by atoms with Crippen LogP contribution in [0.5, 0.6) is 0 Å². The molecule has 0 aliphatic carbocycles. The molecule has 0 saturated carbocycles. The summed E-state index contributed by atoms with van der Waals surface area (Å²) in [5, 5.41) is 11.4. The Kier molecular flexibility index (Phi) is 4.72. The smallest absolute Gasteiger partial charge is 0.303 e. The van der Waals surface area contributed by atoms with E-state index in [-0.39, 0.29) is 18.2 Å². The van der Waals surface area contributed by atoms with Crippen LogP contribution in [0.15, 0.2) is 5.38 Å². The molecule has 1 aliphatic rings. The van der Waals surface area contributed by atoms with Gasteiger partial charge < -0.3 is 5.11 Å². The molecule has 1 aromatic rings. The zero-order valence-electron chi connectivity index (χ0n) is 11.7. The van der Waals surface area contributed by atoms with Gasteiger partial charge in [-0.25, -0.2) is 4.98 Å². The number of carboxylic acids is 1. The fraction of sp³-hybridized carbons (Fsp3) is 0.615. The minimum atomic E-state index is -0.731. The van der Waals surface area contributed by atoms with Crippen LogP contribution >= 0.6 is 11.3 Å². The van der Waals surface area contributed by atoms with E-state index >= 15 is 0 Å². The first-order chi connectivity index (χ1) is 9.49. The number of amides is 1. The second-order valence-corrected chi connectivity index (χ2v) is 5.88. The number of hydrogen-bond donors (Lipinski definition) is 1. The van der Waals surface area contributed by atoms with Crippen molar-refractivity contribution in [2.75, 3.05) is 24.5 Å². The molecule has 2 rings (SSSR count). The van der Waals surface area contributed by atoms with Crippen LogP contribution in [-0.4, -0.2) is 46.5 Å². The van der Waals surface area contributed by atoms with Crippen LogP contribution in [0.1, 0.15) is 26.0 Å². The minimum absolute atomic E-state index is 0.00104. The molecule has 6 nitrogen and oxygen atoms in total. The van der Waals surface area contributed by atoms with Crippen molar-refractivity contribution in [1.29, 1.82) is 0 Å². The molecule has 1 N–H and O–H groups in total. The number of carbonyl (C=O) groups is 2. The SMILES string of the molecule is CCN(C(C)=O)c1nc(CN2CC(CC(=O)O)C2)cs1. The van der Waals surface area contributed by atoms with E-state index < -0.39 is 5.97 Å². The Balaban J connectivity index is 1.85. The molecule has 1 fully saturated rings. The van der Waals surface area contributed by atoms with Gasteiger partial charge in [0.2, 0.25) is 5.91 Å². The number of rotatable bonds is 6. The lowest BCUT2D eigenvalue weighted by Gasteiger charge is -2.38. The lowest BCUT2D eigenvalue weighted by atomic mass is 9.96. The third-order valence-corrected chi connectivity index (χ3v) is 4.26. The number of aromatic nitrogens is 1. The molecule has 1 aromatic heterocycles. The predicted octanol–water partition coefficient (Wildman–Crippen LogP) is 1.42. The summed E-state index contributed by atoms with van der Waals surface area (Å²) in [7, 11) is 0. The quantitative estimate of drug-likeness (QED) is 0.859. The molecule has 1 amide bonds. The predicted molar refractivity (Wildman–Crippen MR) is 76.8 cm³/mol. The number of nitrogens with zero attached hydrogens (tertiary/aromatic N) is 3. The van der Waals surface area contributed by atoms with E-state index in [1.54, 1.807) is 4.90 Å². The first-order valence-electron chi connectivity index (χ1n) is 6.66. The highest BCUT2D eigenvalue weighted by Crippen LogP contribution is 2.25. The third kappa shape index (κ3) is 3.55.